The molecule has 1 saturated carbocycles. The van der Waals surface area contributed by atoms with E-state index in [1.807, 2.05) is 50.2 Å². The number of nitrogens with one attached hydrogen (secondary N) is 2. The highest BCUT2D eigenvalue weighted by atomic mass is 19.1. The Balaban J connectivity index is 1.41. The molecule has 0 unspecified atom stereocenters. The molecule has 2 fully saturated rings. The van der Waals surface area contributed by atoms with Crippen LogP contribution in [-0.4, -0.2) is 70.7 Å². The fraction of sp³-hybridized carbons (Fsp3) is 0.429. The van der Waals surface area contributed by atoms with Crippen molar-refractivity contribution >= 4 is 34.4 Å². The summed E-state index contributed by atoms with van der Waals surface area (Å²) in [5.41, 5.74) is 1.64. The summed E-state index contributed by atoms with van der Waals surface area (Å²) in [4.78, 5) is 57.3. The summed E-state index contributed by atoms with van der Waals surface area (Å²) in [6.07, 6.45) is 3.01. The molecule has 0 radical (unpaired) electrons. The first kappa shape index (κ1) is 31.2. The first-order valence-corrected chi connectivity index (χ1v) is 15.5. The van der Waals surface area contributed by atoms with E-state index in [4.69, 9.17) is 0 Å². The third kappa shape index (κ3) is 7.62. The van der Waals surface area contributed by atoms with Gasteiger partial charge in [0.25, 0.3) is 0 Å². The van der Waals surface area contributed by atoms with Crippen molar-refractivity contribution in [2.75, 3.05) is 13.1 Å². The molecular weight excluding hydrogens is 559 g/mol. The zero-order valence-corrected chi connectivity index (χ0v) is 25.6. The maximum Gasteiger partial charge on any atom is 0.246 e. The second kappa shape index (κ2) is 13.6. The van der Waals surface area contributed by atoms with Crippen LogP contribution in [0.15, 0.2) is 66.7 Å². The zero-order valence-electron chi connectivity index (χ0n) is 25.6. The van der Waals surface area contributed by atoms with Crippen LogP contribution in [0.3, 0.4) is 0 Å². The Kier molecular flexibility index (Phi) is 9.61. The van der Waals surface area contributed by atoms with Gasteiger partial charge >= 0.3 is 0 Å². The third-order valence-electron chi connectivity index (χ3n) is 8.44. The number of rotatable bonds is 11. The molecule has 1 aliphatic heterocycles. The quantitative estimate of drug-likeness (QED) is 0.348. The van der Waals surface area contributed by atoms with Gasteiger partial charge in [0.05, 0.1) is 0 Å². The number of hydrogen-bond donors (Lipinski definition) is 2. The van der Waals surface area contributed by atoms with E-state index in [0.717, 1.165) is 29.2 Å². The zero-order chi connectivity index (χ0) is 31.4. The third-order valence-corrected chi connectivity index (χ3v) is 8.44. The molecule has 3 atom stereocenters. The topological polar surface area (TPSA) is 98.8 Å². The smallest absolute Gasteiger partial charge is 0.246 e. The van der Waals surface area contributed by atoms with E-state index in [-0.39, 0.29) is 55.0 Å². The van der Waals surface area contributed by atoms with Crippen molar-refractivity contribution in [3.8, 4) is 0 Å². The Morgan fingerprint density at radius 1 is 0.886 bits per heavy atom. The Morgan fingerprint density at radius 2 is 1.57 bits per heavy atom. The van der Waals surface area contributed by atoms with Gasteiger partial charge in [0.15, 0.2) is 0 Å². The van der Waals surface area contributed by atoms with Crippen LogP contribution >= 0.6 is 0 Å². The van der Waals surface area contributed by atoms with Crippen molar-refractivity contribution in [2.24, 2.45) is 5.92 Å². The molecule has 2 N–H and O–H groups in total. The molecule has 1 saturated heterocycles. The molecule has 0 spiro atoms. The number of nitrogens with zero attached hydrogens (tertiary/aromatic N) is 2. The normalized spacial score (nSPS) is 18.3. The van der Waals surface area contributed by atoms with Gasteiger partial charge in [-0.15, -0.1) is 0 Å². The highest BCUT2D eigenvalue weighted by molar-refractivity contribution is 5.95. The summed E-state index contributed by atoms with van der Waals surface area (Å²) < 4.78 is 13.5. The number of halogens is 1. The van der Waals surface area contributed by atoms with Crippen LogP contribution in [0.25, 0.3) is 10.8 Å². The molecule has 1 aliphatic carbocycles. The van der Waals surface area contributed by atoms with Gasteiger partial charge < -0.3 is 20.4 Å². The van der Waals surface area contributed by atoms with Crippen LogP contribution in [0.5, 0.6) is 0 Å². The lowest BCUT2D eigenvalue weighted by atomic mass is 9.96. The average molecular weight is 601 g/mol. The summed E-state index contributed by atoms with van der Waals surface area (Å²) in [5, 5.41) is 7.92. The molecular formula is C35H41FN4O4. The SMILES string of the molecule is CC(=O)N[C@H](Cc1ccc(F)cc1)C(=O)N1CCN([C@@H](Cc2ccc3ccccc3c2)C(=O)NC(C)C)C(=O)[C@@H]1CC1CC1. The second-order valence-corrected chi connectivity index (χ2v) is 12.4. The number of amides is 4. The van der Waals surface area contributed by atoms with E-state index < -0.39 is 18.1 Å². The largest absolute Gasteiger partial charge is 0.352 e. The molecule has 3 aromatic carbocycles. The summed E-state index contributed by atoms with van der Waals surface area (Å²) >= 11 is 0. The molecule has 5 rings (SSSR count). The van der Waals surface area contributed by atoms with Crippen molar-refractivity contribution in [3.05, 3.63) is 83.7 Å². The van der Waals surface area contributed by atoms with E-state index in [9.17, 15) is 23.6 Å². The lowest BCUT2D eigenvalue weighted by Crippen LogP contribution is -2.66. The van der Waals surface area contributed by atoms with Gasteiger partial charge in [-0.1, -0.05) is 67.4 Å². The van der Waals surface area contributed by atoms with E-state index >= 15 is 0 Å². The molecule has 4 amide bonds. The van der Waals surface area contributed by atoms with E-state index in [2.05, 4.69) is 16.7 Å². The lowest BCUT2D eigenvalue weighted by molar-refractivity contribution is -0.157. The van der Waals surface area contributed by atoms with Gasteiger partial charge in [0.2, 0.25) is 23.6 Å². The van der Waals surface area contributed by atoms with Crippen LogP contribution in [-0.2, 0) is 32.0 Å². The first-order valence-electron chi connectivity index (χ1n) is 15.5. The molecule has 44 heavy (non-hydrogen) atoms. The number of carbonyl (C=O) groups is 4. The molecule has 1 heterocycles. The summed E-state index contributed by atoms with van der Waals surface area (Å²) in [5.74, 6) is -1.24. The highest BCUT2D eigenvalue weighted by Crippen LogP contribution is 2.36. The van der Waals surface area contributed by atoms with E-state index in [0.29, 0.717) is 24.3 Å². The van der Waals surface area contributed by atoms with Crippen molar-refractivity contribution in [1.82, 2.24) is 20.4 Å². The minimum Gasteiger partial charge on any atom is -0.352 e. The second-order valence-electron chi connectivity index (χ2n) is 12.4. The number of hydrogen-bond acceptors (Lipinski definition) is 4. The Hall–Kier alpha value is -4.27. The molecule has 3 aromatic rings. The number of carbonyl (C=O) groups excluding carboxylic acids is 4. The highest BCUT2D eigenvalue weighted by Gasteiger charge is 2.45. The first-order chi connectivity index (χ1) is 21.1. The van der Waals surface area contributed by atoms with Crippen LogP contribution in [0.1, 0.15) is 51.2 Å². The standard InChI is InChI=1S/C35H41FN4O4/c1-22(2)37-33(42)31(21-26-10-13-27-6-4-5-7-28(27)18-26)39-16-17-40(32(35(39)44)20-25-8-9-25)34(43)30(38-23(3)41)19-24-11-14-29(36)15-12-24/h4-7,10-15,18,22,25,30-32H,8-9,16-17,19-21H2,1-3H3,(H,37,42)(H,38,41)/t30-,31+,32+/m1/s1. The predicted molar refractivity (Wildman–Crippen MR) is 167 cm³/mol. The van der Waals surface area contributed by atoms with Crippen molar-refractivity contribution in [2.45, 2.75) is 77.0 Å². The Bertz CT molecular complexity index is 1520. The minimum atomic E-state index is -0.906. The van der Waals surface area contributed by atoms with Gasteiger partial charge in [-0.25, -0.2) is 4.39 Å². The van der Waals surface area contributed by atoms with Crippen molar-refractivity contribution < 1.29 is 23.6 Å². The Morgan fingerprint density at radius 3 is 2.23 bits per heavy atom. The fourth-order valence-corrected chi connectivity index (χ4v) is 6.09. The lowest BCUT2D eigenvalue weighted by Gasteiger charge is -2.44. The maximum atomic E-state index is 14.3. The Labute approximate surface area is 258 Å². The maximum absolute atomic E-state index is 14.3. The average Bonchev–Trinajstić information content (AvgIpc) is 3.81. The van der Waals surface area contributed by atoms with Gasteiger partial charge in [-0.3, -0.25) is 19.2 Å². The summed E-state index contributed by atoms with van der Waals surface area (Å²) in [6.45, 7) is 5.56. The van der Waals surface area contributed by atoms with Gasteiger partial charge in [-0.2, -0.15) is 0 Å². The molecule has 9 heteroatoms. The van der Waals surface area contributed by atoms with Crippen LogP contribution in [0.4, 0.5) is 4.39 Å². The molecule has 232 valence electrons. The molecule has 0 bridgehead atoms. The van der Waals surface area contributed by atoms with Gasteiger partial charge in [0, 0.05) is 38.9 Å². The molecule has 0 aromatic heterocycles. The van der Waals surface area contributed by atoms with Crippen LogP contribution < -0.4 is 10.6 Å². The van der Waals surface area contributed by atoms with E-state index in [1.165, 1.54) is 19.1 Å². The minimum absolute atomic E-state index is 0.105. The number of benzene rings is 3. The molecule has 2 aliphatic rings. The number of fused-ring (bicyclic) bond motifs is 1. The predicted octanol–water partition coefficient (Wildman–Crippen LogP) is 4.00. The molecule has 8 nitrogen and oxygen atoms in total. The van der Waals surface area contributed by atoms with Crippen molar-refractivity contribution in [3.63, 3.8) is 0 Å². The fourth-order valence-electron chi connectivity index (χ4n) is 6.09. The van der Waals surface area contributed by atoms with Gasteiger partial charge in [0.1, 0.15) is 23.9 Å². The van der Waals surface area contributed by atoms with Gasteiger partial charge in [-0.05, 0) is 60.2 Å². The summed E-state index contributed by atoms with van der Waals surface area (Å²) in [7, 11) is 0. The monoisotopic (exact) mass is 600 g/mol. The summed E-state index contributed by atoms with van der Waals surface area (Å²) in [6, 6.07) is 17.4. The van der Waals surface area contributed by atoms with E-state index in [1.54, 1.807) is 21.9 Å². The number of piperazine rings is 1. The van der Waals surface area contributed by atoms with Crippen molar-refractivity contribution in [1.29, 1.82) is 0 Å². The van der Waals surface area contributed by atoms with Crippen LogP contribution in [0.2, 0.25) is 0 Å². The van der Waals surface area contributed by atoms with Crippen LogP contribution in [0, 0.1) is 11.7 Å².